The fourth-order valence-electron chi connectivity index (χ4n) is 3.01. The summed E-state index contributed by atoms with van der Waals surface area (Å²) < 4.78 is 5.21. The predicted octanol–water partition coefficient (Wildman–Crippen LogP) is 1.45. The number of carbonyl (C=O) groups excluding carboxylic acids is 1. The lowest BCUT2D eigenvalue weighted by Crippen LogP contribution is -2.50. The molecule has 0 aromatic carbocycles. The Balaban J connectivity index is 1.89. The lowest BCUT2D eigenvalue weighted by atomic mass is 10.0. The summed E-state index contributed by atoms with van der Waals surface area (Å²) in [7, 11) is 1.65. The summed E-state index contributed by atoms with van der Waals surface area (Å²) in [6, 6.07) is -0.338. The molecule has 0 bridgehead atoms. The first-order valence-corrected chi connectivity index (χ1v) is 7.43. The number of hydrogen-bond donors (Lipinski definition) is 2. The van der Waals surface area contributed by atoms with Gasteiger partial charge in [-0.3, -0.25) is 4.79 Å². The molecule has 2 fully saturated rings. The average Bonchev–Trinajstić information content (AvgIpc) is 2.77. The summed E-state index contributed by atoms with van der Waals surface area (Å²) in [4.78, 5) is 24.9. The highest BCUT2D eigenvalue weighted by molar-refractivity contribution is 5.77. The topological polar surface area (TPSA) is 78.9 Å². The zero-order chi connectivity index (χ0) is 14.5. The van der Waals surface area contributed by atoms with E-state index in [2.05, 4.69) is 5.32 Å². The van der Waals surface area contributed by atoms with Gasteiger partial charge in [0, 0.05) is 13.1 Å². The first kappa shape index (κ1) is 15.1. The number of hydrogen-bond acceptors (Lipinski definition) is 3. The van der Waals surface area contributed by atoms with E-state index in [1.54, 1.807) is 7.05 Å². The summed E-state index contributed by atoms with van der Waals surface area (Å²) >= 11 is 0. The second kappa shape index (κ2) is 6.92. The average molecular weight is 284 g/mol. The molecule has 1 heterocycles. The smallest absolute Gasteiger partial charge is 0.317 e. The van der Waals surface area contributed by atoms with Crippen LogP contribution in [0.4, 0.5) is 4.79 Å². The SMILES string of the molecule is CN(C(=O)NC1CCCCCC1)C1COCC1C(=O)O. The number of rotatable bonds is 3. The van der Waals surface area contributed by atoms with Crippen LogP contribution in [0.1, 0.15) is 38.5 Å². The summed E-state index contributed by atoms with van der Waals surface area (Å²) in [6.07, 6.45) is 6.81. The van der Waals surface area contributed by atoms with Crippen LogP contribution >= 0.6 is 0 Å². The van der Waals surface area contributed by atoms with Gasteiger partial charge in [-0.25, -0.2) is 4.79 Å². The van der Waals surface area contributed by atoms with Crippen LogP contribution in [-0.2, 0) is 9.53 Å². The van der Waals surface area contributed by atoms with Crippen molar-refractivity contribution in [1.29, 1.82) is 0 Å². The van der Waals surface area contributed by atoms with Crippen LogP contribution in [0.2, 0.25) is 0 Å². The molecule has 20 heavy (non-hydrogen) atoms. The highest BCUT2D eigenvalue weighted by Gasteiger charge is 2.38. The van der Waals surface area contributed by atoms with Gasteiger partial charge < -0.3 is 20.1 Å². The van der Waals surface area contributed by atoms with E-state index in [4.69, 9.17) is 9.84 Å². The number of carboxylic acid groups (broad SMARTS) is 1. The number of urea groups is 1. The fraction of sp³-hybridized carbons (Fsp3) is 0.857. The summed E-state index contributed by atoms with van der Waals surface area (Å²) in [6.45, 7) is 0.479. The van der Waals surface area contributed by atoms with E-state index in [1.165, 1.54) is 17.7 Å². The van der Waals surface area contributed by atoms with Crippen molar-refractivity contribution < 1.29 is 19.4 Å². The number of ether oxygens (including phenoxy) is 1. The zero-order valence-electron chi connectivity index (χ0n) is 12.0. The molecule has 6 nitrogen and oxygen atoms in total. The number of nitrogens with one attached hydrogen (secondary N) is 1. The number of carboxylic acids is 1. The molecule has 0 spiro atoms. The Morgan fingerprint density at radius 1 is 1.15 bits per heavy atom. The van der Waals surface area contributed by atoms with E-state index in [9.17, 15) is 9.59 Å². The van der Waals surface area contributed by atoms with Gasteiger partial charge >= 0.3 is 12.0 Å². The van der Waals surface area contributed by atoms with Crippen molar-refractivity contribution in [1.82, 2.24) is 10.2 Å². The molecule has 1 aliphatic carbocycles. The predicted molar refractivity (Wildman–Crippen MR) is 73.5 cm³/mol. The minimum Gasteiger partial charge on any atom is -0.481 e. The van der Waals surface area contributed by atoms with Gasteiger partial charge in [0.05, 0.1) is 19.3 Å². The van der Waals surface area contributed by atoms with Crippen molar-refractivity contribution in [2.75, 3.05) is 20.3 Å². The zero-order valence-corrected chi connectivity index (χ0v) is 12.0. The van der Waals surface area contributed by atoms with Gasteiger partial charge in [-0.05, 0) is 12.8 Å². The van der Waals surface area contributed by atoms with Crippen molar-refractivity contribution in [3.8, 4) is 0 Å². The molecule has 0 aromatic heterocycles. The Morgan fingerprint density at radius 2 is 1.80 bits per heavy atom. The maximum Gasteiger partial charge on any atom is 0.317 e. The van der Waals surface area contributed by atoms with E-state index >= 15 is 0 Å². The van der Waals surface area contributed by atoms with Crippen LogP contribution < -0.4 is 5.32 Å². The second-order valence-corrected chi connectivity index (χ2v) is 5.80. The van der Waals surface area contributed by atoms with Crippen LogP contribution in [0.15, 0.2) is 0 Å². The standard InChI is InChI=1S/C14H24N2O4/c1-16(12-9-20-8-11(12)13(17)18)14(19)15-10-6-4-2-3-5-7-10/h10-12H,2-9H2,1H3,(H,15,19)(H,17,18). The van der Waals surface area contributed by atoms with Crippen molar-refractivity contribution in [2.45, 2.75) is 50.6 Å². The minimum atomic E-state index is -0.901. The van der Waals surface area contributed by atoms with Crippen molar-refractivity contribution in [3.63, 3.8) is 0 Å². The lowest BCUT2D eigenvalue weighted by molar-refractivity contribution is -0.142. The minimum absolute atomic E-state index is 0.182. The number of likely N-dealkylation sites (N-methyl/N-ethyl adjacent to an activating group) is 1. The normalized spacial score (nSPS) is 27.9. The van der Waals surface area contributed by atoms with E-state index in [-0.39, 0.29) is 24.7 Å². The fourth-order valence-corrected chi connectivity index (χ4v) is 3.01. The van der Waals surface area contributed by atoms with E-state index in [0.29, 0.717) is 6.61 Å². The Labute approximate surface area is 119 Å². The molecule has 1 saturated carbocycles. The number of carbonyl (C=O) groups is 2. The number of amides is 2. The highest BCUT2D eigenvalue weighted by atomic mass is 16.5. The Morgan fingerprint density at radius 3 is 2.40 bits per heavy atom. The third kappa shape index (κ3) is 3.62. The molecule has 2 rings (SSSR count). The van der Waals surface area contributed by atoms with Crippen molar-refractivity contribution in [3.05, 3.63) is 0 Å². The van der Waals surface area contributed by atoms with Crippen LogP contribution in [0.3, 0.4) is 0 Å². The molecule has 0 aromatic rings. The lowest BCUT2D eigenvalue weighted by Gasteiger charge is -2.28. The monoisotopic (exact) mass is 284 g/mol. The molecular formula is C14H24N2O4. The molecule has 2 atom stereocenters. The van der Waals surface area contributed by atoms with E-state index in [1.807, 2.05) is 0 Å². The van der Waals surface area contributed by atoms with E-state index < -0.39 is 11.9 Å². The Kier molecular flexibility index (Phi) is 5.23. The first-order valence-electron chi connectivity index (χ1n) is 7.43. The maximum absolute atomic E-state index is 12.2. The number of nitrogens with zero attached hydrogens (tertiary/aromatic N) is 1. The third-order valence-electron chi connectivity index (χ3n) is 4.37. The quantitative estimate of drug-likeness (QED) is 0.769. The van der Waals surface area contributed by atoms with Crippen LogP contribution in [-0.4, -0.2) is 54.4 Å². The summed E-state index contributed by atoms with van der Waals surface area (Å²) in [5.41, 5.74) is 0. The molecular weight excluding hydrogens is 260 g/mol. The summed E-state index contributed by atoms with van der Waals surface area (Å²) in [5, 5.41) is 12.2. The van der Waals surface area contributed by atoms with Gasteiger partial charge in [0.1, 0.15) is 5.92 Å². The first-order chi connectivity index (χ1) is 9.59. The molecule has 6 heteroatoms. The molecule has 1 aliphatic heterocycles. The van der Waals surface area contributed by atoms with Crippen molar-refractivity contribution in [2.24, 2.45) is 5.92 Å². The number of aliphatic carboxylic acids is 1. The molecule has 0 radical (unpaired) electrons. The Bertz CT molecular complexity index is 353. The van der Waals surface area contributed by atoms with E-state index in [0.717, 1.165) is 25.7 Å². The Hall–Kier alpha value is -1.30. The maximum atomic E-state index is 12.2. The third-order valence-corrected chi connectivity index (χ3v) is 4.37. The molecule has 1 saturated heterocycles. The molecule has 2 N–H and O–H groups in total. The van der Waals surface area contributed by atoms with Crippen LogP contribution in [0.5, 0.6) is 0 Å². The van der Waals surface area contributed by atoms with Gasteiger partial charge in [0.15, 0.2) is 0 Å². The molecule has 2 amide bonds. The largest absolute Gasteiger partial charge is 0.481 e. The highest BCUT2D eigenvalue weighted by Crippen LogP contribution is 2.21. The second-order valence-electron chi connectivity index (χ2n) is 5.80. The van der Waals surface area contributed by atoms with Gasteiger partial charge in [-0.2, -0.15) is 0 Å². The molecule has 2 unspecified atom stereocenters. The van der Waals surface area contributed by atoms with Gasteiger partial charge in [0.2, 0.25) is 0 Å². The molecule has 2 aliphatic rings. The van der Waals surface area contributed by atoms with Gasteiger partial charge in [-0.15, -0.1) is 0 Å². The van der Waals surface area contributed by atoms with Crippen LogP contribution in [0, 0.1) is 5.92 Å². The van der Waals surface area contributed by atoms with Gasteiger partial charge in [0.25, 0.3) is 0 Å². The van der Waals surface area contributed by atoms with Crippen LogP contribution in [0.25, 0.3) is 0 Å². The summed E-state index contributed by atoms with van der Waals surface area (Å²) in [5.74, 6) is -1.53. The van der Waals surface area contributed by atoms with Crippen molar-refractivity contribution >= 4 is 12.0 Å². The van der Waals surface area contributed by atoms with Gasteiger partial charge in [-0.1, -0.05) is 25.7 Å². The molecule has 114 valence electrons.